The minimum atomic E-state index is -1.35. The Balaban J connectivity index is 2.04. The van der Waals surface area contributed by atoms with Crippen LogP contribution in [0.25, 0.3) is 0 Å². The lowest BCUT2D eigenvalue weighted by molar-refractivity contribution is -0.126. The zero-order valence-electron chi connectivity index (χ0n) is 12.5. The van der Waals surface area contributed by atoms with Crippen molar-refractivity contribution in [3.63, 3.8) is 0 Å². The molecule has 1 unspecified atom stereocenters. The average molecular weight is 320 g/mol. The minimum Gasteiger partial charge on any atom is -0.534 e. The summed E-state index contributed by atoms with van der Waals surface area (Å²) in [6.45, 7) is 0. The van der Waals surface area contributed by atoms with Crippen molar-refractivity contribution in [2.45, 2.75) is 25.2 Å². The zero-order chi connectivity index (χ0) is 17.0. The largest absolute Gasteiger partial charge is 0.547 e. The molecule has 1 atom stereocenters. The van der Waals surface area contributed by atoms with Crippen molar-refractivity contribution < 1.29 is 29.2 Å². The first-order valence-corrected chi connectivity index (χ1v) is 7.12. The molecule has 9 heteroatoms. The molecule has 0 saturated heterocycles. The molecule has 1 aliphatic rings. The highest BCUT2D eigenvalue weighted by Crippen LogP contribution is 2.30. The standard InChI is InChI=1S/C14H17BN2O6/c1-16-11(18)5-6-12(19)17-10-7-8-3-2-4-9(14(20)21)13(8)23-15(10)22/h2-4,10,22H,5-7H2,1H3,(H,16,18)(H,17,19)(H,20,21). The van der Waals surface area contributed by atoms with Crippen LogP contribution in [0.15, 0.2) is 18.2 Å². The second kappa shape index (κ2) is 7.14. The van der Waals surface area contributed by atoms with Crippen LogP contribution in [0.4, 0.5) is 0 Å². The number of carboxylic acid groups (broad SMARTS) is 1. The molecular weight excluding hydrogens is 303 g/mol. The van der Waals surface area contributed by atoms with E-state index in [0.29, 0.717) is 5.56 Å². The predicted octanol–water partition coefficient (Wildman–Crippen LogP) is -0.650. The molecule has 0 fully saturated rings. The summed E-state index contributed by atoms with van der Waals surface area (Å²) in [6, 6.07) is 4.64. The van der Waals surface area contributed by atoms with Gasteiger partial charge in [-0.1, -0.05) is 12.1 Å². The summed E-state index contributed by atoms with van der Waals surface area (Å²) in [5, 5.41) is 24.1. The van der Waals surface area contributed by atoms with E-state index in [9.17, 15) is 19.4 Å². The SMILES string of the molecule is CNC(=O)CCC(=O)NC1Cc2cccc(C(=O)O)c2OB1O. The molecule has 0 bridgehead atoms. The molecule has 0 aliphatic carbocycles. The van der Waals surface area contributed by atoms with Crippen LogP contribution in [-0.4, -0.2) is 48.0 Å². The first-order chi connectivity index (χ1) is 10.9. The highest BCUT2D eigenvalue weighted by atomic mass is 16.5. The number of hydrogen-bond acceptors (Lipinski definition) is 5. The predicted molar refractivity (Wildman–Crippen MR) is 80.9 cm³/mol. The topological polar surface area (TPSA) is 125 Å². The number of carbonyl (C=O) groups excluding carboxylic acids is 2. The summed E-state index contributed by atoms with van der Waals surface area (Å²) in [7, 11) is 0.127. The molecule has 122 valence electrons. The van der Waals surface area contributed by atoms with Gasteiger partial charge in [0.1, 0.15) is 5.75 Å². The highest BCUT2D eigenvalue weighted by molar-refractivity contribution is 6.47. The molecule has 8 nitrogen and oxygen atoms in total. The molecule has 23 heavy (non-hydrogen) atoms. The molecule has 1 aromatic rings. The first kappa shape index (κ1) is 16.8. The Kier molecular flexibility index (Phi) is 5.22. The van der Waals surface area contributed by atoms with Crippen molar-refractivity contribution >= 4 is 24.9 Å². The number of fused-ring (bicyclic) bond motifs is 1. The third-order valence-electron chi connectivity index (χ3n) is 3.55. The second-order valence-corrected chi connectivity index (χ2v) is 5.16. The van der Waals surface area contributed by atoms with Gasteiger partial charge < -0.3 is 25.4 Å². The third kappa shape index (κ3) is 4.01. The maximum absolute atomic E-state index is 11.8. The van der Waals surface area contributed by atoms with Crippen LogP contribution in [0.1, 0.15) is 28.8 Å². The molecular formula is C14H17BN2O6. The Labute approximate surface area is 133 Å². The Morgan fingerprint density at radius 2 is 2.00 bits per heavy atom. The van der Waals surface area contributed by atoms with E-state index < -0.39 is 19.0 Å². The number of carboxylic acids is 1. The molecule has 0 aromatic heterocycles. The smallest absolute Gasteiger partial charge is 0.534 e. The molecule has 1 heterocycles. The van der Waals surface area contributed by atoms with Gasteiger partial charge in [0.15, 0.2) is 0 Å². The van der Waals surface area contributed by atoms with Gasteiger partial charge in [0.2, 0.25) is 11.8 Å². The van der Waals surface area contributed by atoms with Gasteiger partial charge in [0.05, 0.1) is 11.5 Å². The van der Waals surface area contributed by atoms with Gasteiger partial charge >= 0.3 is 13.1 Å². The van der Waals surface area contributed by atoms with Gasteiger partial charge in [0.25, 0.3) is 0 Å². The normalized spacial score (nSPS) is 16.1. The van der Waals surface area contributed by atoms with E-state index in [1.54, 1.807) is 12.1 Å². The molecule has 2 rings (SSSR count). The summed E-state index contributed by atoms with van der Waals surface area (Å²) < 4.78 is 5.27. The lowest BCUT2D eigenvalue weighted by Crippen LogP contribution is -2.53. The Bertz CT molecular complexity index is 636. The number of aromatic carboxylic acids is 1. The van der Waals surface area contributed by atoms with Gasteiger partial charge in [-0.05, 0) is 18.1 Å². The van der Waals surface area contributed by atoms with Gasteiger partial charge in [-0.3, -0.25) is 9.59 Å². The van der Waals surface area contributed by atoms with Gasteiger partial charge in [-0.15, -0.1) is 0 Å². The zero-order valence-corrected chi connectivity index (χ0v) is 12.5. The quantitative estimate of drug-likeness (QED) is 0.534. The number of nitrogens with one attached hydrogen (secondary N) is 2. The fourth-order valence-electron chi connectivity index (χ4n) is 2.35. The number of hydrogen-bond donors (Lipinski definition) is 4. The van der Waals surface area contributed by atoms with Crippen molar-refractivity contribution in [3.8, 4) is 5.75 Å². The number of rotatable bonds is 5. The third-order valence-corrected chi connectivity index (χ3v) is 3.55. The maximum atomic E-state index is 11.8. The van der Waals surface area contributed by atoms with Crippen molar-refractivity contribution in [2.24, 2.45) is 0 Å². The second-order valence-electron chi connectivity index (χ2n) is 5.16. The van der Waals surface area contributed by atoms with Gasteiger partial charge in [0, 0.05) is 19.9 Å². The van der Waals surface area contributed by atoms with E-state index in [4.69, 9.17) is 9.76 Å². The van der Waals surface area contributed by atoms with Crippen molar-refractivity contribution in [1.82, 2.24) is 10.6 Å². The fourth-order valence-corrected chi connectivity index (χ4v) is 2.35. The molecule has 0 radical (unpaired) electrons. The van der Waals surface area contributed by atoms with Crippen LogP contribution in [0, 0.1) is 0 Å². The van der Waals surface area contributed by atoms with Crippen LogP contribution >= 0.6 is 0 Å². The first-order valence-electron chi connectivity index (χ1n) is 7.12. The molecule has 1 aromatic carbocycles. The number of amides is 2. The van der Waals surface area contributed by atoms with E-state index in [1.807, 2.05) is 0 Å². The number of para-hydroxylation sites is 1. The Morgan fingerprint density at radius 3 is 2.65 bits per heavy atom. The number of benzene rings is 1. The summed E-state index contributed by atoms with van der Waals surface area (Å²) >= 11 is 0. The van der Waals surface area contributed by atoms with E-state index >= 15 is 0 Å². The van der Waals surface area contributed by atoms with E-state index in [0.717, 1.165) is 0 Å². The van der Waals surface area contributed by atoms with Crippen LogP contribution in [0.3, 0.4) is 0 Å². The summed E-state index contributed by atoms with van der Waals surface area (Å²) in [5.74, 6) is -2.38. The van der Waals surface area contributed by atoms with E-state index in [-0.39, 0.29) is 42.4 Å². The lowest BCUT2D eigenvalue weighted by Gasteiger charge is -2.28. The van der Waals surface area contributed by atoms with Gasteiger partial charge in [-0.2, -0.15) is 0 Å². The van der Waals surface area contributed by atoms with Crippen LogP contribution in [-0.2, 0) is 16.0 Å². The van der Waals surface area contributed by atoms with Crippen LogP contribution in [0.5, 0.6) is 5.75 Å². The van der Waals surface area contributed by atoms with Crippen LogP contribution < -0.4 is 15.3 Å². The molecule has 2 amide bonds. The van der Waals surface area contributed by atoms with Crippen molar-refractivity contribution in [2.75, 3.05) is 7.05 Å². The van der Waals surface area contributed by atoms with Crippen molar-refractivity contribution in [3.05, 3.63) is 29.3 Å². The summed E-state index contributed by atoms with van der Waals surface area (Å²) in [5.41, 5.74) is 0.553. The molecule has 0 saturated carbocycles. The average Bonchev–Trinajstić information content (AvgIpc) is 2.52. The molecule has 4 N–H and O–H groups in total. The fraction of sp³-hybridized carbons (Fsp3) is 0.357. The van der Waals surface area contributed by atoms with Gasteiger partial charge in [-0.25, -0.2) is 4.79 Å². The lowest BCUT2D eigenvalue weighted by atomic mass is 9.72. The summed E-state index contributed by atoms with van der Waals surface area (Å²) in [6.07, 6.45) is 0.278. The Hall–Kier alpha value is -2.55. The van der Waals surface area contributed by atoms with E-state index in [2.05, 4.69) is 10.6 Å². The van der Waals surface area contributed by atoms with Crippen molar-refractivity contribution in [1.29, 1.82) is 0 Å². The molecule has 1 aliphatic heterocycles. The monoisotopic (exact) mass is 320 g/mol. The maximum Gasteiger partial charge on any atom is 0.547 e. The summed E-state index contributed by atoms with van der Waals surface area (Å²) in [4.78, 5) is 34.1. The Morgan fingerprint density at radius 1 is 1.30 bits per heavy atom. The minimum absolute atomic E-state index is 0.00901. The van der Waals surface area contributed by atoms with E-state index in [1.165, 1.54) is 13.1 Å². The van der Waals surface area contributed by atoms with Crippen LogP contribution in [0.2, 0.25) is 0 Å². The highest BCUT2D eigenvalue weighted by Gasteiger charge is 2.37. The molecule has 0 spiro atoms. The number of carbonyl (C=O) groups is 3.